The Kier molecular flexibility index (Phi) is 7.58. The van der Waals surface area contributed by atoms with Gasteiger partial charge in [-0.25, -0.2) is 0 Å². The van der Waals surface area contributed by atoms with Gasteiger partial charge < -0.3 is 19.9 Å². The van der Waals surface area contributed by atoms with Crippen molar-refractivity contribution in [3.05, 3.63) is 0 Å². The Hall–Kier alpha value is -0.850. The first-order valence-corrected chi connectivity index (χ1v) is 10.7. The number of aliphatic imine (C=N–C) groups is 1. The van der Waals surface area contributed by atoms with E-state index in [1.165, 1.54) is 38.9 Å². The second kappa shape index (κ2) is 9.90. The molecule has 0 aliphatic carbocycles. The van der Waals surface area contributed by atoms with Crippen LogP contribution in [0.1, 0.15) is 33.1 Å². The predicted molar refractivity (Wildman–Crippen MR) is 108 cm³/mol. The number of nitrogens with one attached hydrogen (secondary N) is 1. The van der Waals surface area contributed by atoms with E-state index in [4.69, 9.17) is 4.74 Å². The lowest BCUT2D eigenvalue weighted by molar-refractivity contribution is 0.0195. The van der Waals surface area contributed by atoms with Gasteiger partial charge in [0.05, 0.1) is 13.2 Å². The standard InChI is InChI=1S/C20H39N5O/c1-17-13-18(2)15-23(14-17)7-4-6-22-20(21-3)25-8-5-19(16-25)24-9-11-26-12-10-24/h17-19H,4-16H2,1-3H3,(H,21,22). The van der Waals surface area contributed by atoms with Crippen molar-refractivity contribution in [3.8, 4) is 0 Å². The summed E-state index contributed by atoms with van der Waals surface area (Å²) in [5, 5.41) is 3.60. The van der Waals surface area contributed by atoms with E-state index in [0.29, 0.717) is 6.04 Å². The summed E-state index contributed by atoms with van der Waals surface area (Å²) in [6.07, 6.45) is 3.82. The number of rotatable bonds is 5. The molecule has 6 nitrogen and oxygen atoms in total. The topological polar surface area (TPSA) is 43.3 Å². The van der Waals surface area contributed by atoms with Crippen LogP contribution in [0, 0.1) is 11.8 Å². The van der Waals surface area contributed by atoms with Crippen LogP contribution in [0.5, 0.6) is 0 Å². The SMILES string of the molecule is CN=C(NCCCN1CC(C)CC(C)C1)N1CCC(N2CCOCC2)C1. The summed E-state index contributed by atoms with van der Waals surface area (Å²) < 4.78 is 5.49. The van der Waals surface area contributed by atoms with Gasteiger partial charge in [0.2, 0.25) is 0 Å². The molecule has 6 heteroatoms. The molecule has 0 aromatic heterocycles. The Labute approximate surface area is 159 Å². The number of nitrogens with zero attached hydrogens (tertiary/aromatic N) is 4. The first-order chi connectivity index (χ1) is 12.7. The smallest absolute Gasteiger partial charge is 0.193 e. The molecule has 3 atom stereocenters. The van der Waals surface area contributed by atoms with E-state index >= 15 is 0 Å². The summed E-state index contributed by atoms with van der Waals surface area (Å²) in [6, 6.07) is 0.661. The minimum Gasteiger partial charge on any atom is -0.379 e. The van der Waals surface area contributed by atoms with Crippen molar-refractivity contribution in [2.45, 2.75) is 39.2 Å². The maximum Gasteiger partial charge on any atom is 0.193 e. The Balaban J connectivity index is 1.36. The zero-order valence-corrected chi connectivity index (χ0v) is 17.1. The van der Waals surface area contributed by atoms with E-state index in [0.717, 1.165) is 63.7 Å². The van der Waals surface area contributed by atoms with Gasteiger partial charge in [-0.3, -0.25) is 9.89 Å². The molecule has 0 amide bonds. The molecule has 3 rings (SSSR count). The van der Waals surface area contributed by atoms with Crippen molar-refractivity contribution < 1.29 is 4.74 Å². The van der Waals surface area contributed by atoms with Crippen LogP contribution >= 0.6 is 0 Å². The van der Waals surface area contributed by atoms with E-state index in [2.05, 4.69) is 38.9 Å². The van der Waals surface area contributed by atoms with Crippen LogP contribution in [0.25, 0.3) is 0 Å². The predicted octanol–water partition coefficient (Wildman–Crippen LogP) is 1.34. The zero-order valence-electron chi connectivity index (χ0n) is 17.1. The zero-order chi connectivity index (χ0) is 18.4. The van der Waals surface area contributed by atoms with Gasteiger partial charge in [0.15, 0.2) is 5.96 Å². The van der Waals surface area contributed by atoms with Crippen molar-refractivity contribution >= 4 is 5.96 Å². The van der Waals surface area contributed by atoms with Crippen molar-refractivity contribution in [1.82, 2.24) is 20.0 Å². The number of piperidine rings is 1. The first kappa shape index (κ1) is 19.9. The Morgan fingerprint density at radius 1 is 1.08 bits per heavy atom. The molecule has 3 heterocycles. The number of ether oxygens (including phenoxy) is 1. The molecular weight excluding hydrogens is 326 g/mol. The normalized spacial score (nSPS) is 32.2. The molecule has 3 saturated heterocycles. The number of morpholine rings is 1. The highest BCUT2D eigenvalue weighted by molar-refractivity contribution is 5.80. The average molecular weight is 366 g/mol. The second-order valence-corrected chi connectivity index (χ2v) is 8.57. The molecule has 0 bridgehead atoms. The van der Waals surface area contributed by atoms with Crippen LogP contribution in [-0.4, -0.2) is 99.3 Å². The van der Waals surface area contributed by atoms with Gasteiger partial charge in [-0.1, -0.05) is 13.8 Å². The van der Waals surface area contributed by atoms with Gasteiger partial charge in [-0.05, 0) is 37.6 Å². The monoisotopic (exact) mass is 365 g/mol. The summed E-state index contributed by atoms with van der Waals surface area (Å²) in [4.78, 5) is 12.2. The molecule has 0 saturated carbocycles. The minimum atomic E-state index is 0.661. The van der Waals surface area contributed by atoms with Gasteiger partial charge in [0, 0.05) is 58.9 Å². The van der Waals surface area contributed by atoms with E-state index < -0.39 is 0 Å². The quantitative estimate of drug-likeness (QED) is 0.452. The van der Waals surface area contributed by atoms with Gasteiger partial charge in [-0.15, -0.1) is 0 Å². The largest absolute Gasteiger partial charge is 0.379 e. The summed E-state index contributed by atoms with van der Waals surface area (Å²) in [5.74, 6) is 2.78. The Morgan fingerprint density at radius 3 is 2.50 bits per heavy atom. The van der Waals surface area contributed by atoms with Crippen LogP contribution < -0.4 is 5.32 Å². The van der Waals surface area contributed by atoms with E-state index in [9.17, 15) is 0 Å². The lowest BCUT2D eigenvalue weighted by atomic mass is 9.92. The lowest BCUT2D eigenvalue weighted by Gasteiger charge is -2.35. The third kappa shape index (κ3) is 5.57. The first-order valence-electron chi connectivity index (χ1n) is 10.7. The van der Waals surface area contributed by atoms with E-state index in [-0.39, 0.29) is 0 Å². The van der Waals surface area contributed by atoms with Gasteiger partial charge in [-0.2, -0.15) is 0 Å². The summed E-state index contributed by atoms with van der Waals surface area (Å²) in [5.41, 5.74) is 0. The fourth-order valence-corrected chi connectivity index (χ4v) is 4.98. The van der Waals surface area contributed by atoms with Crippen LogP contribution in [0.15, 0.2) is 4.99 Å². The average Bonchev–Trinajstić information content (AvgIpc) is 3.12. The highest BCUT2D eigenvalue weighted by Crippen LogP contribution is 2.21. The van der Waals surface area contributed by atoms with Crippen molar-refractivity contribution in [3.63, 3.8) is 0 Å². The fraction of sp³-hybridized carbons (Fsp3) is 0.950. The minimum absolute atomic E-state index is 0.661. The fourth-order valence-electron chi connectivity index (χ4n) is 4.98. The van der Waals surface area contributed by atoms with Crippen molar-refractivity contribution in [2.24, 2.45) is 16.8 Å². The lowest BCUT2D eigenvalue weighted by Crippen LogP contribution is -2.47. The molecule has 0 aromatic carbocycles. The number of hydrogen-bond donors (Lipinski definition) is 1. The molecular formula is C20H39N5O. The molecule has 0 spiro atoms. The van der Waals surface area contributed by atoms with E-state index in [1.807, 2.05) is 7.05 Å². The maximum absolute atomic E-state index is 5.49. The van der Waals surface area contributed by atoms with Crippen LogP contribution in [0.2, 0.25) is 0 Å². The highest BCUT2D eigenvalue weighted by atomic mass is 16.5. The third-order valence-electron chi connectivity index (χ3n) is 6.12. The summed E-state index contributed by atoms with van der Waals surface area (Å²) in [6.45, 7) is 15.7. The third-order valence-corrected chi connectivity index (χ3v) is 6.12. The molecule has 26 heavy (non-hydrogen) atoms. The molecule has 150 valence electrons. The molecule has 3 aliphatic rings. The second-order valence-electron chi connectivity index (χ2n) is 8.57. The van der Waals surface area contributed by atoms with Crippen molar-refractivity contribution in [1.29, 1.82) is 0 Å². The van der Waals surface area contributed by atoms with E-state index in [1.54, 1.807) is 0 Å². The maximum atomic E-state index is 5.49. The Morgan fingerprint density at radius 2 is 1.81 bits per heavy atom. The van der Waals surface area contributed by atoms with Crippen LogP contribution in [0.4, 0.5) is 0 Å². The van der Waals surface area contributed by atoms with Crippen LogP contribution in [0.3, 0.4) is 0 Å². The number of likely N-dealkylation sites (tertiary alicyclic amines) is 2. The van der Waals surface area contributed by atoms with Gasteiger partial charge in [0.25, 0.3) is 0 Å². The summed E-state index contributed by atoms with van der Waals surface area (Å²) in [7, 11) is 1.92. The number of guanidine groups is 1. The van der Waals surface area contributed by atoms with Gasteiger partial charge in [0.1, 0.15) is 0 Å². The van der Waals surface area contributed by atoms with Crippen molar-refractivity contribution in [2.75, 3.05) is 72.6 Å². The molecule has 1 N–H and O–H groups in total. The molecule has 0 radical (unpaired) electrons. The number of hydrogen-bond acceptors (Lipinski definition) is 4. The summed E-state index contributed by atoms with van der Waals surface area (Å²) >= 11 is 0. The Bertz CT molecular complexity index is 441. The highest BCUT2D eigenvalue weighted by Gasteiger charge is 2.30. The molecule has 3 fully saturated rings. The molecule has 0 aromatic rings. The molecule has 3 unspecified atom stereocenters. The van der Waals surface area contributed by atoms with Crippen LogP contribution in [-0.2, 0) is 4.74 Å². The molecule has 3 aliphatic heterocycles. The van der Waals surface area contributed by atoms with Gasteiger partial charge >= 0.3 is 0 Å².